The van der Waals surface area contributed by atoms with Crippen LogP contribution in [0.2, 0.25) is 0 Å². The summed E-state index contributed by atoms with van der Waals surface area (Å²) in [6, 6.07) is 14.5. The summed E-state index contributed by atoms with van der Waals surface area (Å²) >= 11 is 0. The van der Waals surface area contributed by atoms with Crippen molar-refractivity contribution in [2.75, 3.05) is 10.6 Å². The summed E-state index contributed by atoms with van der Waals surface area (Å²) in [5, 5.41) is 5.79. The molecular formula is C21H26N4O2. The SMILES string of the molecule is CCC1NNC(C(=O)Nc2cccc(NC(=O)c3ccc(C)cc3)c2)C1C. The Morgan fingerprint density at radius 1 is 1.00 bits per heavy atom. The third-order valence-electron chi connectivity index (χ3n) is 5.01. The number of benzene rings is 2. The van der Waals surface area contributed by atoms with Gasteiger partial charge in [-0.1, -0.05) is 37.6 Å². The molecule has 1 aliphatic heterocycles. The molecule has 1 saturated heterocycles. The third-order valence-corrected chi connectivity index (χ3v) is 5.01. The molecule has 142 valence electrons. The Bertz CT molecular complexity index is 819. The normalized spacial score (nSPS) is 21.7. The Labute approximate surface area is 159 Å². The number of rotatable bonds is 5. The summed E-state index contributed by atoms with van der Waals surface area (Å²) in [5.74, 6) is -0.0769. The van der Waals surface area contributed by atoms with Gasteiger partial charge in [0.05, 0.1) is 0 Å². The monoisotopic (exact) mass is 366 g/mol. The largest absolute Gasteiger partial charge is 0.325 e. The van der Waals surface area contributed by atoms with Crippen LogP contribution in [0.4, 0.5) is 11.4 Å². The minimum Gasteiger partial charge on any atom is -0.325 e. The molecule has 27 heavy (non-hydrogen) atoms. The summed E-state index contributed by atoms with van der Waals surface area (Å²) in [5.41, 5.74) is 9.21. The van der Waals surface area contributed by atoms with Crippen molar-refractivity contribution in [3.8, 4) is 0 Å². The van der Waals surface area contributed by atoms with Crippen LogP contribution in [0.1, 0.15) is 36.2 Å². The summed E-state index contributed by atoms with van der Waals surface area (Å²) in [4.78, 5) is 24.9. The van der Waals surface area contributed by atoms with Gasteiger partial charge in [-0.15, -0.1) is 0 Å². The first-order valence-electron chi connectivity index (χ1n) is 9.28. The summed E-state index contributed by atoms with van der Waals surface area (Å²) in [7, 11) is 0. The zero-order chi connectivity index (χ0) is 19.4. The summed E-state index contributed by atoms with van der Waals surface area (Å²) < 4.78 is 0. The molecule has 2 aromatic carbocycles. The Kier molecular flexibility index (Phi) is 5.88. The van der Waals surface area contributed by atoms with Crippen LogP contribution >= 0.6 is 0 Å². The molecule has 2 aromatic rings. The Morgan fingerprint density at radius 3 is 2.30 bits per heavy atom. The van der Waals surface area contributed by atoms with Gasteiger partial charge in [-0.25, -0.2) is 5.43 Å². The van der Waals surface area contributed by atoms with Crippen molar-refractivity contribution in [3.63, 3.8) is 0 Å². The molecule has 1 fully saturated rings. The van der Waals surface area contributed by atoms with Crippen molar-refractivity contribution in [2.45, 2.75) is 39.3 Å². The highest BCUT2D eigenvalue weighted by molar-refractivity contribution is 6.04. The first-order chi connectivity index (χ1) is 13.0. The molecule has 0 spiro atoms. The Balaban J connectivity index is 1.64. The van der Waals surface area contributed by atoms with Gasteiger partial charge in [0, 0.05) is 23.0 Å². The summed E-state index contributed by atoms with van der Waals surface area (Å²) in [6.07, 6.45) is 0.957. The van der Waals surface area contributed by atoms with Crippen molar-refractivity contribution < 1.29 is 9.59 Å². The number of carbonyl (C=O) groups is 2. The number of amides is 2. The molecule has 3 rings (SSSR count). The standard InChI is InChI=1S/C21H26N4O2/c1-4-18-14(3)19(25-24-18)21(27)23-17-7-5-6-16(12-17)22-20(26)15-10-8-13(2)9-11-15/h5-12,14,18-19,24-25H,4H2,1-3H3,(H,22,26)(H,23,27). The molecule has 4 N–H and O–H groups in total. The van der Waals surface area contributed by atoms with Crippen molar-refractivity contribution >= 4 is 23.2 Å². The number of hydrazine groups is 1. The van der Waals surface area contributed by atoms with Crippen LogP contribution in [0.3, 0.4) is 0 Å². The number of hydrogen-bond donors (Lipinski definition) is 4. The topological polar surface area (TPSA) is 82.3 Å². The van der Waals surface area contributed by atoms with Crippen LogP contribution in [0.5, 0.6) is 0 Å². The maximum Gasteiger partial charge on any atom is 0.255 e. The van der Waals surface area contributed by atoms with E-state index >= 15 is 0 Å². The number of hydrogen-bond acceptors (Lipinski definition) is 4. The van der Waals surface area contributed by atoms with Gasteiger partial charge in [0.25, 0.3) is 5.91 Å². The van der Waals surface area contributed by atoms with Gasteiger partial charge >= 0.3 is 0 Å². The molecular weight excluding hydrogens is 340 g/mol. The minimum atomic E-state index is -0.291. The second-order valence-corrected chi connectivity index (χ2v) is 7.03. The van der Waals surface area contributed by atoms with Crippen molar-refractivity contribution in [1.29, 1.82) is 0 Å². The van der Waals surface area contributed by atoms with Gasteiger partial charge in [0.15, 0.2) is 0 Å². The lowest BCUT2D eigenvalue weighted by Gasteiger charge is -2.17. The van der Waals surface area contributed by atoms with Crippen molar-refractivity contribution in [1.82, 2.24) is 10.9 Å². The molecule has 3 unspecified atom stereocenters. The van der Waals surface area contributed by atoms with Gasteiger partial charge < -0.3 is 10.6 Å². The fourth-order valence-electron chi connectivity index (χ4n) is 3.27. The molecule has 0 aromatic heterocycles. The van der Waals surface area contributed by atoms with Crippen molar-refractivity contribution in [3.05, 3.63) is 59.7 Å². The van der Waals surface area contributed by atoms with Gasteiger partial charge in [-0.3, -0.25) is 15.0 Å². The second-order valence-electron chi connectivity index (χ2n) is 7.03. The van der Waals surface area contributed by atoms with Crippen LogP contribution in [0, 0.1) is 12.8 Å². The molecule has 0 aliphatic carbocycles. The average molecular weight is 366 g/mol. The fourth-order valence-corrected chi connectivity index (χ4v) is 3.27. The van der Waals surface area contributed by atoms with E-state index < -0.39 is 0 Å². The molecule has 2 amide bonds. The van der Waals surface area contributed by atoms with Crippen LogP contribution in [-0.4, -0.2) is 23.9 Å². The summed E-state index contributed by atoms with van der Waals surface area (Å²) in [6.45, 7) is 6.13. The number of carbonyl (C=O) groups excluding carboxylic acids is 2. The van der Waals surface area contributed by atoms with E-state index in [4.69, 9.17) is 0 Å². The van der Waals surface area contributed by atoms with Crippen molar-refractivity contribution in [2.24, 2.45) is 5.92 Å². The highest BCUT2D eigenvalue weighted by Gasteiger charge is 2.35. The zero-order valence-electron chi connectivity index (χ0n) is 15.9. The predicted octanol–water partition coefficient (Wildman–Crippen LogP) is 3.08. The van der Waals surface area contributed by atoms with E-state index in [1.165, 1.54) is 0 Å². The zero-order valence-corrected chi connectivity index (χ0v) is 15.9. The lowest BCUT2D eigenvalue weighted by Crippen LogP contribution is -2.41. The van der Waals surface area contributed by atoms with E-state index in [0.717, 1.165) is 12.0 Å². The first-order valence-corrected chi connectivity index (χ1v) is 9.28. The highest BCUT2D eigenvalue weighted by Crippen LogP contribution is 2.20. The molecule has 1 aliphatic rings. The molecule has 0 bridgehead atoms. The van der Waals surface area contributed by atoms with E-state index in [-0.39, 0.29) is 29.8 Å². The molecule has 6 heteroatoms. The maximum absolute atomic E-state index is 12.6. The molecule has 0 radical (unpaired) electrons. The number of aryl methyl sites for hydroxylation is 1. The Morgan fingerprint density at radius 2 is 1.67 bits per heavy atom. The minimum absolute atomic E-state index is 0.0899. The van der Waals surface area contributed by atoms with E-state index in [0.29, 0.717) is 16.9 Å². The predicted molar refractivity (Wildman–Crippen MR) is 108 cm³/mol. The van der Waals surface area contributed by atoms with Crippen LogP contribution < -0.4 is 21.5 Å². The lowest BCUT2D eigenvalue weighted by atomic mass is 9.94. The van der Waals surface area contributed by atoms with Gasteiger partial charge in [-0.05, 0) is 49.6 Å². The lowest BCUT2D eigenvalue weighted by molar-refractivity contribution is -0.118. The van der Waals surface area contributed by atoms with Crippen LogP contribution in [0.15, 0.2) is 48.5 Å². The fraction of sp³-hybridized carbons (Fsp3) is 0.333. The van der Waals surface area contributed by atoms with Gasteiger partial charge in [0.2, 0.25) is 5.91 Å². The number of anilines is 2. The smallest absolute Gasteiger partial charge is 0.255 e. The van der Waals surface area contributed by atoms with E-state index in [1.807, 2.05) is 25.1 Å². The highest BCUT2D eigenvalue weighted by atomic mass is 16.2. The molecule has 6 nitrogen and oxygen atoms in total. The second kappa shape index (κ2) is 8.33. The van der Waals surface area contributed by atoms with Crippen LogP contribution in [-0.2, 0) is 4.79 Å². The van der Waals surface area contributed by atoms with E-state index in [9.17, 15) is 9.59 Å². The van der Waals surface area contributed by atoms with Gasteiger partial charge in [-0.2, -0.15) is 0 Å². The van der Waals surface area contributed by atoms with Gasteiger partial charge in [0.1, 0.15) is 6.04 Å². The molecule has 0 saturated carbocycles. The maximum atomic E-state index is 12.6. The first kappa shape index (κ1) is 19.1. The third kappa shape index (κ3) is 4.53. The quantitative estimate of drug-likeness (QED) is 0.655. The number of nitrogens with one attached hydrogen (secondary N) is 4. The Hall–Kier alpha value is -2.70. The average Bonchev–Trinajstić information content (AvgIpc) is 3.03. The van der Waals surface area contributed by atoms with E-state index in [1.54, 1.807) is 30.3 Å². The molecule has 3 atom stereocenters. The molecule has 1 heterocycles. The van der Waals surface area contributed by atoms with E-state index in [2.05, 4.69) is 35.3 Å². The van der Waals surface area contributed by atoms with Crippen LogP contribution in [0.25, 0.3) is 0 Å².